The van der Waals surface area contributed by atoms with Crippen molar-refractivity contribution in [2.24, 2.45) is 5.92 Å². The van der Waals surface area contributed by atoms with E-state index in [2.05, 4.69) is 4.90 Å². The highest BCUT2D eigenvalue weighted by Gasteiger charge is 2.21. The first-order valence-corrected chi connectivity index (χ1v) is 6.08. The van der Waals surface area contributed by atoms with E-state index >= 15 is 0 Å². The van der Waals surface area contributed by atoms with Gasteiger partial charge in [0.05, 0.1) is 6.54 Å². The summed E-state index contributed by atoms with van der Waals surface area (Å²) in [7, 11) is 0. The highest BCUT2D eigenvalue weighted by Crippen LogP contribution is 2.25. The Kier molecular flexibility index (Phi) is 3.57. The third-order valence-corrected chi connectivity index (χ3v) is 3.57. The lowest BCUT2D eigenvalue weighted by Crippen LogP contribution is -2.39. The summed E-state index contributed by atoms with van der Waals surface area (Å²) in [5, 5.41) is 0. The van der Waals surface area contributed by atoms with Crippen molar-refractivity contribution in [2.45, 2.75) is 44.9 Å². The van der Waals surface area contributed by atoms with E-state index in [4.69, 9.17) is 0 Å². The molecule has 1 aliphatic carbocycles. The maximum atomic E-state index is 11.3. The summed E-state index contributed by atoms with van der Waals surface area (Å²) >= 11 is 0. The van der Waals surface area contributed by atoms with Gasteiger partial charge in [0.1, 0.15) is 5.78 Å². The van der Waals surface area contributed by atoms with Gasteiger partial charge >= 0.3 is 0 Å². The third-order valence-electron chi connectivity index (χ3n) is 3.57. The van der Waals surface area contributed by atoms with Crippen LogP contribution >= 0.6 is 0 Å². The summed E-state index contributed by atoms with van der Waals surface area (Å²) in [6.45, 7) is 3.07. The molecule has 2 aliphatic rings. The SMILES string of the molecule is O=C1CCCN(CC2CCCCC2)C1. The fourth-order valence-electron chi connectivity index (χ4n) is 2.80. The van der Waals surface area contributed by atoms with Crippen LogP contribution in [0.5, 0.6) is 0 Å². The maximum Gasteiger partial charge on any atom is 0.146 e. The molecule has 0 N–H and O–H groups in total. The Morgan fingerprint density at radius 1 is 1.14 bits per heavy atom. The number of ketones is 1. The van der Waals surface area contributed by atoms with Crippen LogP contribution in [0.2, 0.25) is 0 Å². The molecule has 2 fully saturated rings. The van der Waals surface area contributed by atoms with Gasteiger partial charge < -0.3 is 0 Å². The Hall–Kier alpha value is -0.370. The van der Waals surface area contributed by atoms with E-state index in [9.17, 15) is 4.79 Å². The van der Waals surface area contributed by atoms with Crippen LogP contribution in [0.1, 0.15) is 44.9 Å². The van der Waals surface area contributed by atoms with Crippen molar-refractivity contribution >= 4 is 5.78 Å². The van der Waals surface area contributed by atoms with E-state index in [1.165, 1.54) is 38.6 Å². The summed E-state index contributed by atoms with van der Waals surface area (Å²) in [5.41, 5.74) is 0. The topological polar surface area (TPSA) is 20.3 Å². The van der Waals surface area contributed by atoms with Crippen LogP contribution in [-0.4, -0.2) is 30.3 Å². The quantitative estimate of drug-likeness (QED) is 0.673. The molecule has 80 valence electrons. The lowest BCUT2D eigenvalue weighted by Gasteiger charge is -2.31. The Morgan fingerprint density at radius 2 is 1.93 bits per heavy atom. The Balaban J connectivity index is 1.75. The van der Waals surface area contributed by atoms with Crippen molar-refractivity contribution in [3.63, 3.8) is 0 Å². The Bertz CT molecular complexity index is 196. The fourth-order valence-corrected chi connectivity index (χ4v) is 2.80. The van der Waals surface area contributed by atoms with Crippen molar-refractivity contribution in [1.82, 2.24) is 4.90 Å². The van der Waals surface area contributed by atoms with Crippen LogP contribution < -0.4 is 0 Å². The molecular formula is C12H21NO. The molecule has 14 heavy (non-hydrogen) atoms. The molecule has 0 atom stereocenters. The first-order chi connectivity index (χ1) is 6.84. The van der Waals surface area contributed by atoms with Gasteiger partial charge in [0.15, 0.2) is 0 Å². The van der Waals surface area contributed by atoms with Crippen LogP contribution in [0.25, 0.3) is 0 Å². The molecule has 0 aromatic carbocycles. The van der Waals surface area contributed by atoms with Gasteiger partial charge in [-0.1, -0.05) is 19.3 Å². The van der Waals surface area contributed by atoms with Crippen molar-refractivity contribution in [2.75, 3.05) is 19.6 Å². The predicted molar refractivity (Wildman–Crippen MR) is 57.3 cm³/mol. The maximum absolute atomic E-state index is 11.3. The van der Waals surface area contributed by atoms with Crippen molar-refractivity contribution in [3.05, 3.63) is 0 Å². The number of rotatable bonds is 2. The van der Waals surface area contributed by atoms with E-state index in [-0.39, 0.29) is 0 Å². The van der Waals surface area contributed by atoms with Gasteiger partial charge in [-0.2, -0.15) is 0 Å². The van der Waals surface area contributed by atoms with Crippen LogP contribution in [-0.2, 0) is 4.79 Å². The largest absolute Gasteiger partial charge is 0.298 e. The molecule has 0 bridgehead atoms. The highest BCUT2D eigenvalue weighted by atomic mass is 16.1. The lowest BCUT2D eigenvalue weighted by atomic mass is 9.88. The minimum absolute atomic E-state index is 0.451. The zero-order valence-corrected chi connectivity index (χ0v) is 9.00. The van der Waals surface area contributed by atoms with Gasteiger partial charge in [-0.05, 0) is 31.7 Å². The zero-order chi connectivity index (χ0) is 9.80. The molecule has 0 amide bonds. The summed E-state index contributed by atoms with van der Waals surface area (Å²) in [4.78, 5) is 13.7. The second-order valence-electron chi connectivity index (χ2n) is 4.88. The summed E-state index contributed by atoms with van der Waals surface area (Å²) in [5.74, 6) is 1.33. The van der Waals surface area contributed by atoms with E-state index in [0.29, 0.717) is 5.78 Å². The minimum Gasteiger partial charge on any atom is -0.298 e. The number of hydrogen-bond donors (Lipinski definition) is 0. The monoisotopic (exact) mass is 195 g/mol. The molecule has 1 aliphatic heterocycles. The fraction of sp³-hybridized carbons (Fsp3) is 0.917. The summed E-state index contributed by atoms with van der Waals surface area (Å²) in [6.07, 6.45) is 8.94. The molecule has 1 saturated heterocycles. The number of carbonyl (C=O) groups is 1. The first-order valence-electron chi connectivity index (χ1n) is 6.08. The number of nitrogens with zero attached hydrogens (tertiary/aromatic N) is 1. The number of likely N-dealkylation sites (tertiary alicyclic amines) is 1. The average molecular weight is 195 g/mol. The Morgan fingerprint density at radius 3 is 2.64 bits per heavy atom. The average Bonchev–Trinajstić information content (AvgIpc) is 2.19. The zero-order valence-electron chi connectivity index (χ0n) is 9.00. The van der Waals surface area contributed by atoms with E-state index in [0.717, 1.165) is 31.8 Å². The molecule has 0 radical (unpaired) electrons. The molecule has 0 aromatic rings. The van der Waals surface area contributed by atoms with Gasteiger partial charge in [-0.15, -0.1) is 0 Å². The number of carbonyl (C=O) groups excluding carboxylic acids is 1. The van der Waals surface area contributed by atoms with E-state index in [1.807, 2.05) is 0 Å². The highest BCUT2D eigenvalue weighted by molar-refractivity contribution is 5.81. The van der Waals surface area contributed by atoms with E-state index < -0.39 is 0 Å². The van der Waals surface area contributed by atoms with Crippen LogP contribution in [0.15, 0.2) is 0 Å². The summed E-state index contributed by atoms with van der Waals surface area (Å²) in [6, 6.07) is 0. The molecule has 0 spiro atoms. The first kappa shape index (κ1) is 10.2. The lowest BCUT2D eigenvalue weighted by molar-refractivity contribution is -0.122. The molecule has 2 heteroatoms. The molecule has 0 aromatic heterocycles. The second kappa shape index (κ2) is 4.92. The molecule has 2 rings (SSSR count). The van der Waals surface area contributed by atoms with Gasteiger partial charge in [0, 0.05) is 13.0 Å². The van der Waals surface area contributed by atoms with Gasteiger partial charge in [-0.3, -0.25) is 9.69 Å². The predicted octanol–water partition coefficient (Wildman–Crippen LogP) is 2.23. The number of Topliss-reactive ketones (excluding diaryl/α,β-unsaturated/α-hetero) is 1. The Labute approximate surface area is 86.7 Å². The van der Waals surface area contributed by atoms with Gasteiger partial charge in [0.2, 0.25) is 0 Å². The summed E-state index contributed by atoms with van der Waals surface area (Å²) < 4.78 is 0. The number of hydrogen-bond acceptors (Lipinski definition) is 2. The van der Waals surface area contributed by atoms with Crippen LogP contribution in [0.4, 0.5) is 0 Å². The standard InChI is InChI=1S/C12H21NO/c14-12-7-4-8-13(10-12)9-11-5-2-1-3-6-11/h11H,1-10H2. The molecular weight excluding hydrogens is 174 g/mol. The van der Waals surface area contributed by atoms with Crippen LogP contribution in [0, 0.1) is 5.92 Å². The van der Waals surface area contributed by atoms with E-state index in [1.54, 1.807) is 0 Å². The number of piperidine rings is 1. The second-order valence-corrected chi connectivity index (χ2v) is 4.88. The molecule has 2 nitrogen and oxygen atoms in total. The van der Waals surface area contributed by atoms with Crippen LogP contribution in [0.3, 0.4) is 0 Å². The molecule has 0 unspecified atom stereocenters. The van der Waals surface area contributed by atoms with Crippen molar-refractivity contribution < 1.29 is 4.79 Å². The smallest absolute Gasteiger partial charge is 0.146 e. The normalized spacial score (nSPS) is 26.7. The van der Waals surface area contributed by atoms with Crippen molar-refractivity contribution in [3.8, 4) is 0 Å². The molecule has 1 saturated carbocycles. The van der Waals surface area contributed by atoms with Gasteiger partial charge in [-0.25, -0.2) is 0 Å². The van der Waals surface area contributed by atoms with Gasteiger partial charge in [0.25, 0.3) is 0 Å². The molecule has 1 heterocycles. The van der Waals surface area contributed by atoms with Crippen molar-refractivity contribution in [1.29, 1.82) is 0 Å². The minimum atomic E-state index is 0.451. The third kappa shape index (κ3) is 2.81.